The second kappa shape index (κ2) is 12.1. The summed E-state index contributed by atoms with van der Waals surface area (Å²) in [6.45, 7) is 7.36. The highest BCUT2D eigenvalue weighted by molar-refractivity contribution is 6.31. The summed E-state index contributed by atoms with van der Waals surface area (Å²) in [6.07, 6.45) is 6.22. The largest absolute Gasteiger partial charge is 0.493 e. The predicted molar refractivity (Wildman–Crippen MR) is 144 cm³/mol. The second-order valence-electron chi connectivity index (χ2n) is 10.6. The van der Waals surface area contributed by atoms with Crippen LogP contribution in [0.25, 0.3) is 0 Å². The Hall–Kier alpha value is -2.53. The van der Waals surface area contributed by atoms with Crippen molar-refractivity contribution in [1.29, 1.82) is 0 Å². The third-order valence-corrected chi connectivity index (χ3v) is 8.21. The zero-order chi connectivity index (χ0) is 25.5. The molecule has 2 amide bonds. The van der Waals surface area contributed by atoms with Gasteiger partial charge in [-0.15, -0.1) is 0 Å². The summed E-state index contributed by atoms with van der Waals surface area (Å²) < 4.78 is 6.31. The van der Waals surface area contributed by atoms with Gasteiger partial charge in [0.2, 0.25) is 11.8 Å². The molecule has 0 saturated carbocycles. The number of aryl methyl sites for hydroxylation is 1. The lowest BCUT2D eigenvalue weighted by molar-refractivity contribution is -0.143. The maximum Gasteiger partial charge on any atom is 0.230 e. The highest BCUT2D eigenvalue weighted by Crippen LogP contribution is 2.37. The van der Waals surface area contributed by atoms with Gasteiger partial charge in [-0.1, -0.05) is 48.9 Å². The Balaban J connectivity index is 1.54. The third-order valence-electron chi connectivity index (χ3n) is 7.79. The molecule has 0 spiro atoms. The van der Waals surface area contributed by atoms with Crippen LogP contribution in [0.5, 0.6) is 5.75 Å². The predicted octanol–water partition coefficient (Wildman–Crippen LogP) is 6.23. The molecule has 2 fully saturated rings. The molecule has 0 N–H and O–H groups in total. The van der Waals surface area contributed by atoms with Crippen molar-refractivity contribution in [3.05, 3.63) is 64.7 Å². The van der Waals surface area contributed by atoms with Crippen LogP contribution in [-0.4, -0.2) is 54.4 Å². The molecule has 0 bridgehead atoms. The number of benzene rings is 2. The number of rotatable bonds is 8. The third kappa shape index (κ3) is 6.42. The van der Waals surface area contributed by atoms with E-state index in [1.165, 1.54) is 6.42 Å². The number of hydrogen-bond acceptors (Lipinski definition) is 3. The summed E-state index contributed by atoms with van der Waals surface area (Å²) in [7, 11) is 0. The zero-order valence-corrected chi connectivity index (χ0v) is 22.4. The maximum atomic E-state index is 13.7. The van der Waals surface area contributed by atoms with Crippen LogP contribution < -0.4 is 4.74 Å². The molecule has 2 heterocycles. The number of carbonyl (C=O) groups is 2. The molecular weight excluding hydrogens is 472 g/mol. The van der Waals surface area contributed by atoms with Crippen molar-refractivity contribution in [2.45, 2.75) is 64.7 Å². The minimum atomic E-state index is -0.412. The zero-order valence-electron chi connectivity index (χ0n) is 21.7. The lowest BCUT2D eigenvalue weighted by Gasteiger charge is -2.44. The molecule has 0 aromatic heterocycles. The van der Waals surface area contributed by atoms with Crippen molar-refractivity contribution in [3.63, 3.8) is 0 Å². The van der Waals surface area contributed by atoms with E-state index in [4.69, 9.17) is 16.3 Å². The molecule has 4 rings (SSSR count). The molecule has 2 saturated heterocycles. The summed E-state index contributed by atoms with van der Waals surface area (Å²) in [6, 6.07) is 15.7. The van der Waals surface area contributed by atoms with E-state index in [0.717, 1.165) is 68.6 Å². The summed E-state index contributed by atoms with van der Waals surface area (Å²) in [5.74, 6) is 0.927. The van der Waals surface area contributed by atoms with Crippen LogP contribution in [0.1, 0.15) is 68.9 Å². The van der Waals surface area contributed by atoms with Crippen LogP contribution in [0.4, 0.5) is 0 Å². The number of nitrogens with zero attached hydrogens (tertiary/aromatic N) is 2. The van der Waals surface area contributed by atoms with Crippen molar-refractivity contribution >= 4 is 23.4 Å². The van der Waals surface area contributed by atoms with Crippen molar-refractivity contribution < 1.29 is 14.3 Å². The van der Waals surface area contributed by atoms with Gasteiger partial charge in [0.1, 0.15) is 5.75 Å². The second-order valence-corrected chi connectivity index (χ2v) is 11.0. The molecule has 2 aliphatic rings. The number of ether oxygens (including phenoxy) is 1. The highest BCUT2D eigenvalue weighted by atomic mass is 35.5. The summed E-state index contributed by atoms with van der Waals surface area (Å²) >= 11 is 6.21. The van der Waals surface area contributed by atoms with Crippen LogP contribution >= 0.6 is 11.6 Å². The Kier molecular flexibility index (Phi) is 8.95. The van der Waals surface area contributed by atoms with E-state index in [1.54, 1.807) is 0 Å². The standard InChI is InChI=1S/C30H39ClN2O3/c1-3-26(24-11-6-4-7-12-24)29(35)33-18-10-15-30(21-33,20-28(34)32-16-8-5-9-17-32)22-36-25-13-14-27(31)23(2)19-25/h4,6-7,11-14,19,26H,3,5,8-10,15-18,20-22H2,1-2H3/t26-,30-/m0/s1. The summed E-state index contributed by atoms with van der Waals surface area (Å²) in [5.41, 5.74) is 1.60. The first-order valence-corrected chi connectivity index (χ1v) is 13.8. The van der Waals surface area contributed by atoms with Gasteiger partial charge in [0, 0.05) is 43.0 Å². The highest BCUT2D eigenvalue weighted by Gasteiger charge is 2.42. The number of halogens is 1. The molecule has 6 heteroatoms. The van der Waals surface area contributed by atoms with Crippen LogP contribution in [0.3, 0.4) is 0 Å². The topological polar surface area (TPSA) is 49.9 Å². The normalized spacial score (nSPS) is 21.2. The fraction of sp³-hybridized carbons (Fsp3) is 0.533. The minimum absolute atomic E-state index is 0.153. The van der Waals surface area contributed by atoms with Gasteiger partial charge in [0.25, 0.3) is 0 Å². The SMILES string of the molecule is CC[C@H](C(=O)N1CCC[C@](COc2ccc(Cl)c(C)c2)(CC(=O)N2CCCCC2)C1)c1ccccc1. The average Bonchev–Trinajstić information content (AvgIpc) is 2.91. The van der Waals surface area contributed by atoms with Crippen molar-refractivity contribution in [2.75, 3.05) is 32.8 Å². The van der Waals surface area contributed by atoms with Gasteiger partial charge in [0.15, 0.2) is 0 Å². The number of piperidine rings is 2. The molecule has 5 nitrogen and oxygen atoms in total. The van der Waals surface area contributed by atoms with Gasteiger partial charge in [-0.25, -0.2) is 0 Å². The monoisotopic (exact) mass is 510 g/mol. The molecule has 2 aromatic carbocycles. The number of carbonyl (C=O) groups excluding carboxylic acids is 2. The Bertz CT molecular complexity index is 1040. The Morgan fingerprint density at radius 3 is 2.42 bits per heavy atom. The Labute approximate surface area is 220 Å². The van der Waals surface area contributed by atoms with E-state index in [9.17, 15) is 9.59 Å². The molecule has 0 aliphatic carbocycles. The molecule has 2 aliphatic heterocycles. The van der Waals surface area contributed by atoms with Gasteiger partial charge in [-0.3, -0.25) is 9.59 Å². The average molecular weight is 511 g/mol. The first-order chi connectivity index (χ1) is 17.4. The van der Waals surface area contributed by atoms with Gasteiger partial charge >= 0.3 is 0 Å². The quantitative estimate of drug-likeness (QED) is 0.423. The fourth-order valence-electron chi connectivity index (χ4n) is 5.69. The van der Waals surface area contributed by atoms with Crippen LogP contribution in [-0.2, 0) is 9.59 Å². The van der Waals surface area contributed by atoms with Crippen molar-refractivity contribution in [1.82, 2.24) is 9.80 Å². The first kappa shape index (κ1) is 26.5. The maximum absolute atomic E-state index is 13.7. The molecule has 36 heavy (non-hydrogen) atoms. The molecule has 2 atom stereocenters. The van der Waals surface area contributed by atoms with Crippen molar-refractivity contribution in [2.24, 2.45) is 5.41 Å². The Morgan fingerprint density at radius 1 is 1.00 bits per heavy atom. The fourth-order valence-corrected chi connectivity index (χ4v) is 5.80. The molecule has 0 unspecified atom stereocenters. The van der Waals surface area contributed by atoms with Crippen LogP contribution in [0, 0.1) is 12.3 Å². The lowest BCUT2D eigenvalue weighted by atomic mass is 9.76. The smallest absolute Gasteiger partial charge is 0.230 e. The van der Waals surface area contributed by atoms with Crippen LogP contribution in [0.15, 0.2) is 48.5 Å². The van der Waals surface area contributed by atoms with Gasteiger partial charge in [-0.05, 0) is 74.8 Å². The van der Waals surface area contributed by atoms with E-state index in [1.807, 2.05) is 65.3 Å². The van der Waals surface area contributed by atoms with E-state index >= 15 is 0 Å². The van der Waals surface area contributed by atoms with E-state index < -0.39 is 5.41 Å². The van der Waals surface area contributed by atoms with Crippen molar-refractivity contribution in [3.8, 4) is 5.75 Å². The minimum Gasteiger partial charge on any atom is -0.493 e. The number of amides is 2. The molecular formula is C30H39ClN2O3. The van der Waals surface area contributed by atoms with Gasteiger partial charge in [-0.2, -0.15) is 0 Å². The number of likely N-dealkylation sites (tertiary alicyclic amines) is 2. The van der Waals surface area contributed by atoms with Gasteiger partial charge < -0.3 is 14.5 Å². The summed E-state index contributed by atoms with van der Waals surface area (Å²) in [5, 5.41) is 0.707. The van der Waals surface area contributed by atoms with E-state index in [0.29, 0.717) is 24.6 Å². The van der Waals surface area contributed by atoms with E-state index in [2.05, 4.69) is 6.92 Å². The number of hydrogen-bond donors (Lipinski definition) is 0. The van der Waals surface area contributed by atoms with Crippen LogP contribution in [0.2, 0.25) is 5.02 Å². The van der Waals surface area contributed by atoms with Gasteiger partial charge in [0.05, 0.1) is 12.5 Å². The lowest BCUT2D eigenvalue weighted by Crippen LogP contribution is -2.52. The molecule has 194 valence electrons. The Morgan fingerprint density at radius 2 is 1.72 bits per heavy atom. The van der Waals surface area contributed by atoms with E-state index in [-0.39, 0.29) is 17.7 Å². The summed E-state index contributed by atoms with van der Waals surface area (Å²) in [4.78, 5) is 31.2. The first-order valence-electron chi connectivity index (χ1n) is 13.4. The molecule has 0 radical (unpaired) electrons. The molecule has 2 aromatic rings.